The maximum absolute atomic E-state index is 12.3. The van der Waals surface area contributed by atoms with Gasteiger partial charge in [0.15, 0.2) is 0 Å². The van der Waals surface area contributed by atoms with E-state index in [4.69, 9.17) is 23.2 Å². The van der Waals surface area contributed by atoms with Gasteiger partial charge < -0.3 is 5.32 Å². The van der Waals surface area contributed by atoms with E-state index >= 15 is 0 Å². The zero-order valence-corrected chi connectivity index (χ0v) is 10.3. The van der Waals surface area contributed by atoms with Crippen LogP contribution in [0.15, 0.2) is 12.3 Å². The molecule has 96 valence electrons. The number of rotatable bonds is 5. The summed E-state index contributed by atoms with van der Waals surface area (Å²) < 4.78 is 37.0. The van der Waals surface area contributed by atoms with Gasteiger partial charge >= 0.3 is 6.18 Å². The molecule has 0 spiro atoms. The first-order valence-electron chi connectivity index (χ1n) is 4.97. The number of nitrogens with one attached hydrogen (secondary N) is 1. The predicted molar refractivity (Wildman–Crippen MR) is 62.7 cm³/mol. The molecule has 0 radical (unpaired) electrons. The normalized spacial score (nSPS) is 11.6. The van der Waals surface area contributed by atoms with Gasteiger partial charge in [-0.2, -0.15) is 13.2 Å². The van der Waals surface area contributed by atoms with Gasteiger partial charge in [-0.3, -0.25) is 0 Å². The molecule has 1 rings (SSSR count). The monoisotopic (exact) mass is 286 g/mol. The number of alkyl halides is 4. The summed E-state index contributed by atoms with van der Waals surface area (Å²) in [5.74, 6) is 0.810. The molecule has 17 heavy (non-hydrogen) atoms. The molecule has 1 aromatic heterocycles. The third-order valence-corrected chi connectivity index (χ3v) is 2.58. The molecule has 1 N–H and O–H groups in total. The van der Waals surface area contributed by atoms with Crippen LogP contribution in [-0.4, -0.2) is 17.4 Å². The molecule has 0 aromatic carbocycles. The van der Waals surface area contributed by atoms with E-state index < -0.39 is 11.7 Å². The van der Waals surface area contributed by atoms with Gasteiger partial charge in [-0.1, -0.05) is 11.6 Å². The molecule has 0 aliphatic rings. The van der Waals surface area contributed by atoms with E-state index in [-0.39, 0.29) is 10.8 Å². The van der Waals surface area contributed by atoms with E-state index in [9.17, 15) is 13.2 Å². The topological polar surface area (TPSA) is 24.9 Å². The van der Waals surface area contributed by atoms with Gasteiger partial charge in [0.05, 0.1) is 10.6 Å². The van der Waals surface area contributed by atoms with Gasteiger partial charge in [-0.05, 0) is 18.9 Å². The molecule has 0 saturated heterocycles. The number of aromatic nitrogens is 1. The lowest BCUT2D eigenvalue weighted by atomic mass is 10.2. The lowest BCUT2D eigenvalue weighted by Crippen LogP contribution is -2.08. The predicted octanol–water partition coefficient (Wildman–Crippen LogP) is 4.18. The highest BCUT2D eigenvalue weighted by Gasteiger charge is 2.31. The van der Waals surface area contributed by atoms with Crippen LogP contribution in [0.2, 0.25) is 5.02 Å². The van der Waals surface area contributed by atoms with Crippen molar-refractivity contribution in [2.24, 2.45) is 0 Å². The zero-order valence-electron chi connectivity index (χ0n) is 8.82. The first kappa shape index (κ1) is 14.4. The minimum atomic E-state index is -4.42. The fraction of sp³-hybridized carbons (Fsp3) is 0.500. The first-order chi connectivity index (χ1) is 7.95. The highest BCUT2D eigenvalue weighted by molar-refractivity contribution is 6.32. The standard InChI is InChI=1S/C10H11Cl2F3N2/c11-3-1-2-4-16-9-8(12)5-7(6-17-9)10(13,14)15/h5-6H,1-4H2,(H,16,17). The van der Waals surface area contributed by atoms with Gasteiger partial charge in [0.2, 0.25) is 0 Å². The number of hydrogen-bond acceptors (Lipinski definition) is 2. The Kier molecular flexibility index (Phi) is 5.33. The molecule has 0 saturated carbocycles. The van der Waals surface area contributed by atoms with E-state index in [2.05, 4.69) is 10.3 Å². The summed E-state index contributed by atoms with van der Waals surface area (Å²) >= 11 is 11.2. The molecule has 7 heteroatoms. The van der Waals surface area contributed by atoms with Crippen molar-refractivity contribution >= 4 is 29.0 Å². The van der Waals surface area contributed by atoms with Crippen LogP contribution >= 0.6 is 23.2 Å². The van der Waals surface area contributed by atoms with E-state index in [1.807, 2.05) is 0 Å². The molecule has 0 fully saturated rings. The molecule has 0 amide bonds. The van der Waals surface area contributed by atoms with Crippen molar-refractivity contribution in [3.05, 3.63) is 22.8 Å². The SMILES string of the molecule is FC(F)(F)c1cnc(NCCCCCl)c(Cl)c1. The van der Waals surface area contributed by atoms with Crippen LogP contribution in [0.3, 0.4) is 0 Å². The zero-order chi connectivity index (χ0) is 12.9. The summed E-state index contributed by atoms with van der Waals surface area (Å²) in [6.45, 7) is 0.574. The Hall–Kier alpha value is -0.680. The molecule has 0 atom stereocenters. The molecule has 0 aliphatic heterocycles. The summed E-state index contributed by atoms with van der Waals surface area (Å²) in [5, 5.41) is 2.82. The number of pyridine rings is 1. The van der Waals surface area contributed by atoms with Gasteiger partial charge in [0, 0.05) is 18.6 Å². The van der Waals surface area contributed by atoms with Crippen LogP contribution in [0, 0.1) is 0 Å². The molecular weight excluding hydrogens is 276 g/mol. The van der Waals surface area contributed by atoms with Crippen LogP contribution in [0.5, 0.6) is 0 Å². The minimum Gasteiger partial charge on any atom is -0.369 e. The maximum atomic E-state index is 12.3. The second kappa shape index (κ2) is 6.31. The van der Waals surface area contributed by atoms with Gasteiger partial charge in [0.1, 0.15) is 5.82 Å². The Morgan fingerprint density at radius 2 is 2.00 bits per heavy atom. The Labute approximate surface area is 107 Å². The van der Waals surface area contributed by atoms with Crippen molar-refractivity contribution < 1.29 is 13.2 Å². The van der Waals surface area contributed by atoms with Crippen molar-refractivity contribution in [1.29, 1.82) is 0 Å². The van der Waals surface area contributed by atoms with Crippen LogP contribution in [0.4, 0.5) is 19.0 Å². The van der Waals surface area contributed by atoms with E-state index in [0.717, 1.165) is 25.1 Å². The van der Waals surface area contributed by atoms with Gasteiger partial charge in [-0.15, -0.1) is 11.6 Å². The van der Waals surface area contributed by atoms with Gasteiger partial charge in [-0.25, -0.2) is 4.98 Å². The van der Waals surface area contributed by atoms with Crippen molar-refractivity contribution in [2.75, 3.05) is 17.7 Å². The molecule has 2 nitrogen and oxygen atoms in total. The average molecular weight is 287 g/mol. The van der Waals surface area contributed by atoms with Crippen molar-refractivity contribution in [3.63, 3.8) is 0 Å². The van der Waals surface area contributed by atoms with Crippen molar-refractivity contribution in [1.82, 2.24) is 4.98 Å². The summed E-state index contributed by atoms with van der Waals surface area (Å²) in [7, 11) is 0. The van der Waals surface area contributed by atoms with Crippen molar-refractivity contribution in [3.8, 4) is 0 Å². The largest absolute Gasteiger partial charge is 0.417 e. The van der Waals surface area contributed by atoms with E-state index in [1.165, 1.54) is 0 Å². The average Bonchev–Trinajstić information content (AvgIpc) is 2.24. The summed E-state index contributed by atoms with van der Waals surface area (Å²) in [6, 6.07) is 0.860. The molecular formula is C10H11Cl2F3N2. The molecule has 0 aliphatic carbocycles. The quantitative estimate of drug-likeness (QED) is 0.649. The van der Waals surface area contributed by atoms with Crippen LogP contribution < -0.4 is 5.32 Å². The summed E-state index contributed by atoms with van der Waals surface area (Å²) in [5.41, 5.74) is -0.853. The fourth-order valence-electron chi connectivity index (χ4n) is 1.15. The minimum absolute atomic E-state index is 0.0364. The Balaban J connectivity index is 2.64. The number of hydrogen-bond donors (Lipinski definition) is 1. The second-order valence-electron chi connectivity index (χ2n) is 3.38. The van der Waals surface area contributed by atoms with Gasteiger partial charge in [0.25, 0.3) is 0 Å². The van der Waals surface area contributed by atoms with Crippen LogP contribution in [-0.2, 0) is 6.18 Å². The lowest BCUT2D eigenvalue weighted by Gasteiger charge is -2.10. The molecule has 0 bridgehead atoms. The number of halogens is 5. The third-order valence-electron chi connectivity index (χ3n) is 2.02. The second-order valence-corrected chi connectivity index (χ2v) is 4.16. The first-order valence-corrected chi connectivity index (χ1v) is 5.89. The number of anilines is 1. The smallest absolute Gasteiger partial charge is 0.369 e. The third kappa shape index (κ3) is 4.60. The van der Waals surface area contributed by atoms with Crippen LogP contribution in [0.25, 0.3) is 0 Å². The molecule has 0 unspecified atom stereocenters. The fourth-order valence-corrected chi connectivity index (χ4v) is 1.57. The summed E-state index contributed by atoms with van der Waals surface area (Å²) in [6.07, 6.45) is -2.03. The Morgan fingerprint density at radius 1 is 1.29 bits per heavy atom. The Morgan fingerprint density at radius 3 is 2.53 bits per heavy atom. The number of nitrogens with zero attached hydrogens (tertiary/aromatic N) is 1. The maximum Gasteiger partial charge on any atom is 0.417 e. The Bertz CT molecular complexity index is 369. The molecule has 1 aromatic rings. The highest BCUT2D eigenvalue weighted by Crippen LogP contribution is 2.32. The summed E-state index contributed by atoms with van der Waals surface area (Å²) in [4.78, 5) is 3.65. The van der Waals surface area contributed by atoms with Crippen LogP contribution in [0.1, 0.15) is 18.4 Å². The lowest BCUT2D eigenvalue weighted by molar-refractivity contribution is -0.137. The van der Waals surface area contributed by atoms with E-state index in [1.54, 1.807) is 0 Å². The van der Waals surface area contributed by atoms with E-state index in [0.29, 0.717) is 12.4 Å². The number of unbranched alkanes of at least 4 members (excludes halogenated alkanes) is 1. The van der Waals surface area contributed by atoms with Crippen molar-refractivity contribution in [2.45, 2.75) is 19.0 Å². The molecule has 1 heterocycles. The highest BCUT2D eigenvalue weighted by atomic mass is 35.5.